The quantitative estimate of drug-likeness (QED) is 0.570. The molecule has 1 aliphatic heterocycles. The molecule has 0 saturated carbocycles. The van der Waals surface area contributed by atoms with Crippen LogP contribution in [0.4, 0.5) is 0 Å². The summed E-state index contributed by atoms with van der Waals surface area (Å²) >= 11 is 0. The Bertz CT molecular complexity index is 363. The Labute approximate surface area is 116 Å². The van der Waals surface area contributed by atoms with Gasteiger partial charge in [0.1, 0.15) is 0 Å². The van der Waals surface area contributed by atoms with Crippen LogP contribution in [0.15, 0.2) is 36.0 Å². The van der Waals surface area contributed by atoms with Gasteiger partial charge in [0.2, 0.25) is 0 Å². The van der Waals surface area contributed by atoms with E-state index in [1.807, 2.05) is 19.1 Å². The lowest BCUT2D eigenvalue weighted by atomic mass is 9.98. The Morgan fingerprint density at radius 2 is 2.11 bits per heavy atom. The summed E-state index contributed by atoms with van der Waals surface area (Å²) in [4.78, 5) is 12.0. The number of amides is 1. The predicted octanol–water partition coefficient (Wildman–Crippen LogP) is 2.57. The van der Waals surface area contributed by atoms with Gasteiger partial charge >= 0.3 is 0 Å². The molecule has 0 aliphatic carbocycles. The minimum atomic E-state index is -0.0443. The maximum atomic E-state index is 12.0. The maximum Gasteiger partial charge on any atom is 0.250 e. The Balaban J connectivity index is 2.37. The van der Waals surface area contributed by atoms with E-state index in [-0.39, 0.29) is 5.91 Å². The molecule has 3 heteroatoms. The second-order valence-electron chi connectivity index (χ2n) is 5.07. The highest BCUT2D eigenvalue weighted by Gasteiger charge is 2.15. The molecule has 0 bridgehead atoms. The fraction of sp³-hybridized carbons (Fsp3) is 0.562. The molecule has 0 aromatic rings. The molecule has 0 radical (unpaired) electrons. The first-order chi connectivity index (χ1) is 9.15. The average Bonchev–Trinajstić information content (AvgIpc) is 2.45. The van der Waals surface area contributed by atoms with E-state index in [0.29, 0.717) is 11.5 Å². The van der Waals surface area contributed by atoms with Crippen molar-refractivity contribution in [3.63, 3.8) is 0 Å². The molecular formula is C16H26N2O. The zero-order chi connectivity index (χ0) is 14.1. The first-order valence-corrected chi connectivity index (χ1v) is 7.16. The molecule has 1 aliphatic rings. The third-order valence-corrected chi connectivity index (χ3v) is 3.48. The third-order valence-electron chi connectivity index (χ3n) is 3.48. The molecule has 1 fully saturated rings. The second-order valence-corrected chi connectivity index (χ2v) is 5.07. The Kier molecular flexibility index (Phi) is 7.19. The fourth-order valence-corrected chi connectivity index (χ4v) is 2.06. The average molecular weight is 262 g/mol. The van der Waals surface area contributed by atoms with E-state index >= 15 is 0 Å². The normalized spacial score (nSPS) is 17.7. The van der Waals surface area contributed by atoms with E-state index in [2.05, 4.69) is 30.2 Å². The molecule has 3 nitrogen and oxygen atoms in total. The lowest BCUT2D eigenvalue weighted by Crippen LogP contribution is -2.36. The summed E-state index contributed by atoms with van der Waals surface area (Å²) in [6.45, 7) is 10.8. The molecule has 2 N–H and O–H groups in total. The predicted molar refractivity (Wildman–Crippen MR) is 80.9 cm³/mol. The van der Waals surface area contributed by atoms with Crippen molar-refractivity contribution in [3.8, 4) is 0 Å². The Morgan fingerprint density at radius 1 is 1.42 bits per heavy atom. The lowest BCUT2D eigenvalue weighted by molar-refractivity contribution is -0.117. The summed E-state index contributed by atoms with van der Waals surface area (Å²) in [5, 5.41) is 6.32. The summed E-state index contributed by atoms with van der Waals surface area (Å²) in [5.41, 5.74) is 1.49. The van der Waals surface area contributed by atoms with Crippen LogP contribution in [0.1, 0.15) is 33.1 Å². The molecule has 1 rings (SSSR count). The van der Waals surface area contributed by atoms with Gasteiger partial charge in [0.15, 0.2) is 0 Å². The molecular weight excluding hydrogens is 236 g/mol. The maximum absolute atomic E-state index is 12.0. The van der Waals surface area contributed by atoms with Crippen molar-refractivity contribution >= 4 is 5.91 Å². The lowest BCUT2D eigenvalue weighted by Gasteiger charge is -2.22. The van der Waals surface area contributed by atoms with Crippen LogP contribution in [-0.2, 0) is 4.79 Å². The summed E-state index contributed by atoms with van der Waals surface area (Å²) < 4.78 is 0. The molecule has 1 amide bonds. The summed E-state index contributed by atoms with van der Waals surface area (Å²) in [5.74, 6) is 0.555. The number of rotatable bonds is 6. The van der Waals surface area contributed by atoms with Gasteiger partial charge in [-0.25, -0.2) is 0 Å². The van der Waals surface area contributed by atoms with Crippen LogP contribution >= 0.6 is 0 Å². The standard InChI is InChI=1S/C16H26N2O/c1-4-5-6-7-13(2)14(3)16(19)18-12-15-8-10-17-11-9-15/h5-7,15,17H,3-4,8-12H2,1-2H3,(H,18,19)/b6-5-,13-7+. The minimum absolute atomic E-state index is 0.0443. The van der Waals surface area contributed by atoms with E-state index < -0.39 is 0 Å². The number of carbonyl (C=O) groups excluding carboxylic acids is 1. The summed E-state index contributed by atoms with van der Waals surface area (Å²) in [6, 6.07) is 0. The first kappa shape index (κ1) is 15.7. The van der Waals surface area contributed by atoms with Gasteiger partial charge in [-0.15, -0.1) is 0 Å². The van der Waals surface area contributed by atoms with E-state index in [1.54, 1.807) is 0 Å². The Hall–Kier alpha value is -1.35. The highest BCUT2D eigenvalue weighted by molar-refractivity contribution is 5.96. The monoisotopic (exact) mass is 262 g/mol. The fourth-order valence-electron chi connectivity index (χ4n) is 2.06. The van der Waals surface area contributed by atoms with Gasteiger partial charge in [0.05, 0.1) is 0 Å². The van der Waals surface area contributed by atoms with Gasteiger partial charge in [-0.05, 0) is 50.8 Å². The van der Waals surface area contributed by atoms with Crippen LogP contribution in [0.2, 0.25) is 0 Å². The topological polar surface area (TPSA) is 41.1 Å². The Morgan fingerprint density at radius 3 is 2.74 bits per heavy atom. The van der Waals surface area contributed by atoms with Crippen molar-refractivity contribution in [2.75, 3.05) is 19.6 Å². The number of allylic oxidation sites excluding steroid dienone is 3. The number of nitrogens with one attached hydrogen (secondary N) is 2. The number of hydrogen-bond acceptors (Lipinski definition) is 2. The van der Waals surface area contributed by atoms with Crippen LogP contribution in [0, 0.1) is 5.92 Å². The minimum Gasteiger partial charge on any atom is -0.352 e. The summed E-state index contributed by atoms with van der Waals surface area (Å²) in [6.07, 6.45) is 9.25. The van der Waals surface area contributed by atoms with E-state index in [1.165, 1.54) is 0 Å². The molecule has 0 spiro atoms. The van der Waals surface area contributed by atoms with Crippen LogP contribution < -0.4 is 10.6 Å². The molecule has 0 aromatic heterocycles. The van der Waals surface area contributed by atoms with Crippen LogP contribution in [0.3, 0.4) is 0 Å². The van der Waals surface area contributed by atoms with Crippen molar-refractivity contribution in [2.24, 2.45) is 5.92 Å². The number of piperidine rings is 1. The van der Waals surface area contributed by atoms with Crippen LogP contribution in [0.5, 0.6) is 0 Å². The van der Waals surface area contributed by atoms with Crippen molar-refractivity contribution < 1.29 is 4.79 Å². The van der Waals surface area contributed by atoms with Gasteiger partial charge in [0.25, 0.3) is 5.91 Å². The van der Waals surface area contributed by atoms with Crippen LogP contribution in [0.25, 0.3) is 0 Å². The van der Waals surface area contributed by atoms with E-state index in [4.69, 9.17) is 0 Å². The molecule has 19 heavy (non-hydrogen) atoms. The molecule has 106 valence electrons. The van der Waals surface area contributed by atoms with E-state index in [9.17, 15) is 4.79 Å². The van der Waals surface area contributed by atoms with Crippen LogP contribution in [-0.4, -0.2) is 25.5 Å². The zero-order valence-electron chi connectivity index (χ0n) is 12.2. The largest absolute Gasteiger partial charge is 0.352 e. The highest BCUT2D eigenvalue weighted by atomic mass is 16.1. The number of carbonyl (C=O) groups is 1. The second kappa shape index (κ2) is 8.70. The molecule has 1 saturated heterocycles. The summed E-state index contributed by atoms with van der Waals surface area (Å²) in [7, 11) is 0. The third kappa shape index (κ3) is 5.88. The van der Waals surface area contributed by atoms with E-state index in [0.717, 1.165) is 44.5 Å². The van der Waals surface area contributed by atoms with Gasteiger partial charge in [-0.3, -0.25) is 4.79 Å². The van der Waals surface area contributed by atoms with Gasteiger partial charge in [-0.2, -0.15) is 0 Å². The zero-order valence-corrected chi connectivity index (χ0v) is 12.2. The SMILES string of the molecule is C=C(C(=O)NCC1CCNCC1)/C(C)=C/C=C\CC. The van der Waals surface area contributed by atoms with Crippen molar-refractivity contribution in [3.05, 3.63) is 36.0 Å². The highest BCUT2D eigenvalue weighted by Crippen LogP contribution is 2.11. The smallest absolute Gasteiger partial charge is 0.250 e. The van der Waals surface area contributed by atoms with Gasteiger partial charge in [-0.1, -0.05) is 31.7 Å². The van der Waals surface area contributed by atoms with Crippen molar-refractivity contribution in [2.45, 2.75) is 33.1 Å². The van der Waals surface area contributed by atoms with Gasteiger partial charge in [0, 0.05) is 12.1 Å². The van der Waals surface area contributed by atoms with Gasteiger partial charge < -0.3 is 10.6 Å². The molecule has 0 aromatic carbocycles. The molecule has 0 unspecified atom stereocenters. The number of hydrogen-bond donors (Lipinski definition) is 2. The first-order valence-electron chi connectivity index (χ1n) is 7.16. The van der Waals surface area contributed by atoms with Crippen molar-refractivity contribution in [1.29, 1.82) is 0 Å². The molecule has 0 atom stereocenters. The molecule has 1 heterocycles. The van der Waals surface area contributed by atoms with Crippen molar-refractivity contribution in [1.82, 2.24) is 10.6 Å².